The molecule has 0 radical (unpaired) electrons. The first-order valence-corrected chi connectivity index (χ1v) is 2.01. The van der Waals surface area contributed by atoms with Gasteiger partial charge in [0.15, 0.2) is 7.28 Å². The van der Waals surface area contributed by atoms with Crippen molar-refractivity contribution in [3.63, 3.8) is 0 Å². The van der Waals surface area contributed by atoms with Crippen LogP contribution >= 0.6 is 0 Å². The summed E-state index contributed by atoms with van der Waals surface area (Å²) in [6, 6.07) is 0. The molecule has 6 heavy (non-hydrogen) atoms. The SMILES string of the molecule is COCBCO. The Kier molecular flexibility index (Phi) is 4.97. The van der Waals surface area contributed by atoms with Crippen LogP contribution in [0, 0.1) is 0 Å². The molecule has 0 aliphatic carbocycles. The van der Waals surface area contributed by atoms with Crippen molar-refractivity contribution in [2.24, 2.45) is 0 Å². The molecular weight excluding hydrogens is 78.8 g/mol. The standard InChI is InChI=1S/C3H9BO2/c1-6-3-4-2-5/h4-5H,2-3H2,1H3. The zero-order valence-corrected chi connectivity index (χ0v) is 3.98. The van der Waals surface area contributed by atoms with Crippen molar-refractivity contribution in [3.8, 4) is 0 Å². The fourth-order valence-electron chi connectivity index (χ4n) is 0.209. The van der Waals surface area contributed by atoms with E-state index in [4.69, 9.17) is 5.11 Å². The van der Waals surface area contributed by atoms with Crippen LogP contribution in [0.5, 0.6) is 0 Å². The van der Waals surface area contributed by atoms with Gasteiger partial charge < -0.3 is 9.84 Å². The van der Waals surface area contributed by atoms with Crippen molar-refractivity contribution in [1.29, 1.82) is 0 Å². The zero-order chi connectivity index (χ0) is 4.83. The van der Waals surface area contributed by atoms with Crippen LogP contribution in [-0.2, 0) is 4.74 Å². The molecule has 1 N–H and O–H groups in total. The van der Waals surface area contributed by atoms with Gasteiger partial charge in [-0.05, 0) is 0 Å². The first kappa shape index (κ1) is 5.98. The van der Waals surface area contributed by atoms with Crippen LogP contribution in [0.15, 0.2) is 0 Å². The number of hydrogen-bond acceptors (Lipinski definition) is 2. The van der Waals surface area contributed by atoms with Crippen LogP contribution in [0.3, 0.4) is 0 Å². The third-order valence-corrected chi connectivity index (χ3v) is 0.507. The van der Waals surface area contributed by atoms with E-state index in [0.29, 0.717) is 6.51 Å². The summed E-state index contributed by atoms with van der Waals surface area (Å²) in [5.74, 6) is 0. The van der Waals surface area contributed by atoms with Gasteiger partial charge in [-0.2, -0.15) is 0 Å². The Morgan fingerprint density at radius 2 is 2.50 bits per heavy atom. The monoisotopic (exact) mass is 88.1 g/mol. The highest BCUT2D eigenvalue weighted by atomic mass is 16.5. The predicted octanol–water partition coefficient (Wildman–Crippen LogP) is -1.02. The second-order valence-electron chi connectivity index (χ2n) is 1.07. The van der Waals surface area contributed by atoms with Crippen molar-refractivity contribution in [2.75, 3.05) is 20.1 Å². The van der Waals surface area contributed by atoms with Crippen molar-refractivity contribution < 1.29 is 9.84 Å². The van der Waals surface area contributed by atoms with Gasteiger partial charge in [0.2, 0.25) is 0 Å². The van der Waals surface area contributed by atoms with Crippen molar-refractivity contribution in [1.82, 2.24) is 0 Å². The first-order chi connectivity index (χ1) is 2.91. The van der Waals surface area contributed by atoms with Gasteiger partial charge in [0.05, 0.1) is 0 Å². The van der Waals surface area contributed by atoms with E-state index in [1.54, 1.807) is 7.11 Å². The van der Waals surface area contributed by atoms with Crippen LogP contribution < -0.4 is 0 Å². The smallest absolute Gasteiger partial charge is 0.184 e. The van der Waals surface area contributed by atoms with E-state index < -0.39 is 0 Å². The van der Waals surface area contributed by atoms with Crippen LogP contribution in [-0.4, -0.2) is 32.5 Å². The molecule has 36 valence electrons. The van der Waals surface area contributed by atoms with Crippen LogP contribution in [0.25, 0.3) is 0 Å². The third-order valence-electron chi connectivity index (χ3n) is 0.507. The van der Waals surface area contributed by atoms with E-state index in [9.17, 15) is 0 Å². The Morgan fingerprint density at radius 3 is 2.67 bits per heavy atom. The minimum Gasteiger partial charge on any atom is -0.405 e. The fourth-order valence-corrected chi connectivity index (χ4v) is 0.209. The maximum absolute atomic E-state index is 8.12. The summed E-state index contributed by atoms with van der Waals surface area (Å²) in [4.78, 5) is 0. The Balaban J connectivity index is 2.34. The van der Waals surface area contributed by atoms with Gasteiger partial charge in [-0.15, -0.1) is 0 Å². The van der Waals surface area contributed by atoms with E-state index in [1.807, 2.05) is 0 Å². The summed E-state index contributed by atoms with van der Waals surface area (Å²) >= 11 is 0. The van der Waals surface area contributed by atoms with Gasteiger partial charge in [-0.1, -0.05) is 0 Å². The minimum absolute atomic E-state index is 0.230. The molecule has 0 saturated carbocycles. The summed E-state index contributed by atoms with van der Waals surface area (Å²) in [5, 5.41) is 8.12. The van der Waals surface area contributed by atoms with Gasteiger partial charge in [-0.25, -0.2) is 0 Å². The average molecular weight is 87.9 g/mol. The maximum Gasteiger partial charge on any atom is 0.184 e. The van der Waals surface area contributed by atoms with Gasteiger partial charge >= 0.3 is 0 Å². The topological polar surface area (TPSA) is 29.5 Å². The molecule has 0 aromatic carbocycles. The van der Waals surface area contributed by atoms with E-state index >= 15 is 0 Å². The number of methoxy groups -OCH3 is 1. The lowest BCUT2D eigenvalue weighted by Gasteiger charge is -1.86. The van der Waals surface area contributed by atoms with Crippen LogP contribution in [0.4, 0.5) is 0 Å². The summed E-state index contributed by atoms with van der Waals surface area (Å²) in [7, 11) is 2.37. The highest BCUT2D eigenvalue weighted by Gasteiger charge is 1.80. The Labute approximate surface area is 38.4 Å². The highest BCUT2D eigenvalue weighted by Crippen LogP contribution is 1.58. The van der Waals surface area contributed by atoms with Crippen molar-refractivity contribution >= 4 is 7.28 Å². The summed E-state index contributed by atoms with van der Waals surface area (Å²) < 4.78 is 4.62. The molecule has 0 aliphatic heterocycles. The largest absolute Gasteiger partial charge is 0.405 e. The molecule has 0 fully saturated rings. The quantitative estimate of drug-likeness (QED) is 0.353. The molecule has 0 amide bonds. The van der Waals surface area contributed by atoms with Crippen molar-refractivity contribution in [2.45, 2.75) is 0 Å². The molecule has 2 nitrogen and oxygen atoms in total. The van der Waals surface area contributed by atoms with Gasteiger partial charge in [-0.3, -0.25) is 0 Å². The second kappa shape index (κ2) is 4.98. The van der Waals surface area contributed by atoms with Gasteiger partial charge in [0.25, 0.3) is 0 Å². The molecule has 0 spiro atoms. The average Bonchev–Trinajstić information content (AvgIpc) is 1.61. The first-order valence-electron chi connectivity index (χ1n) is 2.01. The lowest BCUT2D eigenvalue weighted by molar-refractivity contribution is 0.246. The fraction of sp³-hybridized carbons (Fsp3) is 1.00. The summed E-state index contributed by atoms with van der Waals surface area (Å²) in [6.45, 7) is 0.893. The van der Waals surface area contributed by atoms with Gasteiger partial charge in [0.1, 0.15) is 0 Å². The molecule has 3 heteroatoms. The molecule has 0 heterocycles. The summed E-state index contributed by atoms with van der Waals surface area (Å²) in [5.41, 5.74) is 0. The number of ether oxygens (including phenoxy) is 1. The molecule has 0 atom stereocenters. The number of hydrogen-bond donors (Lipinski definition) is 1. The second-order valence-corrected chi connectivity index (χ2v) is 1.07. The van der Waals surface area contributed by atoms with E-state index in [1.165, 1.54) is 0 Å². The van der Waals surface area contributed by atoms with E-state index in [2.05, 4.69) is 4.74 Å². The number of aliphatic hydroxyl groups excluding tert-OH is 1. The normalized spacial score (nSPS) is 8.33. The van der Waals surface area contributed by atoms with Crippen LogP contribution in [0.1, 0.15) is 0 Å². The third kappa shape index (κ3) is 3.98. The van der Waals surface area contributed by atoms with E-state index in [-0.39, 0.29) is 6.51 Å². The Hall–Kier alpha value is -0.0151. The molecule has 0 aliphatic rings. The number of aliphatic hydroxyl groups is 1. The zero-order valence-electron chi connectivity index (χ0n) is 3.98. The molecule has 0 aromatic heterocycles. The molecule has 0 aromatic rings. The van der Waals surface area contributed by atoms with E-state index in [0.717, 1.165) is 7.28 Å². The Morgan fingerprint density at radius 1 is 1.83 bits per heavy atom. The summed E-state index contributed by atoms with van der Waals surface area (Å²) in [6.07, 6.45) is 0. The minimum atomic E-state index is 0.230. The molecule has 0 rings (SSSR count). The molecule has 0 unspecified atom stereocenters. The Bertz CT molecular complexity index is 20.8. The molecule has 0 saturated heterocycles. The predicted molar refractivity (Wildman–Crippen MR) is 26.1 cm³/mol. The van der Waals surface area contributed by atoms with Crippen molar-refractivity contribution in [3.05, 3.63) is 0 Å². The number of rotatable bonds is 3. The van der Waals surface area contributed by atoms with Crippen LogP contribution in [0.2, 0.25) is 0 Å². The maximum atomic E-state index is 8.12. The molecular formula is C3H9BO2. The lowest BCUT2D eigenvalue weighted by Crippen LogP contribution is -2.04. The molecule has 0 bridgehead atoms. The highest BCUT2D eigenvalue weighted by molar-refractivity contribution is 6.34. The van der Waals surface area contributed by atoms with Gasteiger partial charge in [0, 0.05) is 20.1 Å². The lowest BCUT2D eigenvalue weighted by atomic mass is 9.82.